The summed E-state index contributed by atoms with van der Waals surface area (Å²) in [5.74, 6) is -0.536. The van der Waals surface area contributed by atoms with Gasteiger partial charge in [-0.2, -0.15) is 0 Å². The second-order valence-electron chi connectivity index (χ2n) is 9.25. The molecule has 0 aliphatic carbocycles. The number of rotatable bonds is 11. The van der Waals surface area contributed by atoms with Gasteiger partial charge in [0.25, 0.3) is 5.91 Å². The molecule has 40 heavy (non-hydrogen) atoms. The average molecular weight is 539 g/mol. The van der Waals surface area contributed by atoms with Crippen molar-refractivity contribution >= 4 is 23.1 Å². The van der Waals surface area contributed by atoms with Crippen molar-refractivity contribution in [2.75, 3.05) is 12.4 Å². The Kier molecular flexibility index (Phi) is 9.31. The lowest BCUT2D eigenvalue weighted by Gasteiger charge is -2.23. The van der Waals surface area contributed by atoms with Gasteiger partial charge in [-0.15, -0.1) is 0 Å². The van der Waals surface area contributed by atoms with E-state index in [1.807, 2.05) is 60.7 Å². The van der Waals surface area contributed by atoms with Crippen LogP contribution in [0.3, 0.4) is 0 Å². The molecule has 4 rings (SSSR count). The highest BCUT2D eigenvalue weighted by Crippen LogP contribution is 2.40. The Balaban J connectivity index is 1.85. The third-order valence-corrected chi connectivity index (χ3v) is 6.20. The third-order valence-electron chi connectivity index (χ3n) is 6.20. The van der Waals surface area contributed by atoms with Crippen molar-refractivity contribution in [2.45, 2.75) is 26.6 Å². The number of likely N-dealkylation sites (N-methyl/N-ethyl adjacent to an activating group) is 1. The highest BCUT2D eigenvalue weighted by molar-refractivity contribution is 6.07. The third kappa shape index (κ3) is 7.14. The number of amides is 2. The smallest absolute Gasteiger partial charge is 0.259 e. The molecule has 0 saturated heterocycles. The van der Waals surface area contributed by atoms with Gasteiger partial charge in [0.1, 0.15) is 30.5 Å². The molecule has 0 aromatic heterocycles. The standard InChI is InChI=1S/C33H31FN2O4/c1-22(2)27-18-29(33(38)36-26-16-14-25(34)15-17-26)32(40-21-24-12-8-5-9-13-24)28(19-30(37)35-3)31(27)39-20-23-10-6-4-7-11-23/h4-18H,1,19-21H2,2-3H3,(H,35,37)(H,36,38). The van der Waals surface area contributed by atoms with Crippen LogP contribution in [0.5, 0.6) is 11.5 Å². The number of carbonyl (C=O) groups is 2. The van der Waals surface area contributed by atoms with E-state index in [2.05, 4.69) is 17.2 Å². The van der Waals surface area contributed by atoms with Gasteiger partial charge in [-0.05, 0) is 54.0 Å². The molecule has 0 spiro atoms. The van der Waals surface area contributed by atoms with Crippen molar-refractivity contribution in [3.8, 4) is 11.5 Å². The van der Waals surface area contributed by atoms with E-state index in [0.29, 0.717) is 28.1 Å². The van der Waals surface area contributed by atoms with Crippen LogP contribution in [0.15, 0.2) is 97.6 Å². The van der Waals surface area contributed by atoms with E-state index in [4.69, 9.17) is 9.47 Å². The first-order chi connectivity index (χ1) is 19.4. The zero-order valence-electron chi connectivity index (χ0n) is 22.5. The Morgan fingerprint density at radius 2 is 1.32 bits per heavy atom. The zero-order valence-corrected chi connectivity index (χ0v) is 22.5. The number of hydrogen-bond acceptors (Lipinski definition) is 4. The maximum atomic E-state index is 13.6. The van der Waals surface area contributed by atoms with Crippen LogP contribution in [-0.4, -0.2) is 18.9 Å². The van der Waals surface area contributed by atoms with Gasteiger partial charge in [0.2, 0.25) is 5.91 Å². The molecular weight excluding hydrogens is 507 g/mol. The van der Waals surface area contributed by atoms with Crippen LogP contribution in [0.2, 0.25) is 0 Å². The van der Waals surface area contributed by atoms with Crippen LogP contribution in [0.4, 0.5) is 10.1 Å². The van der Waals surface area contributed by atoms with Crippen molar-refractivity contribution < 1.29 is 23.5 Å². The van der Waals surface area contributed by atoms with E-state index in [-0.39, 0.29) is 36.9 Å². The lowest BCUT2D eigenvalue weighted by atomic mass is 9.95. The quantitative estimate of drug-likeness (QED) is 0.227. The molecule has 7 heteroatoms. The summed E-state index contributed by atoms with van der Waals surface area (Å²) in [5, 5.41) is 5.45. The van der Waals surface area contributed by atoms with Crippen molar-refractivity contribution in [3.05, 3.63) is 131 Å². The van der Waals surface area contributed by atoms with Crippen LogP contribution in [0.1, 0.15) is 39.5 Å². The molecule has 0 fully saturated rings. The molecule has 0 saturated carbocycles. The summed E-state index contributed by atoms with van der Waals surface area (Å²) in [6, 6.07) is 26.3. The summed E-state index contributed by atoms with van der Waals surface area (Å²) in [6.07, 6.45) is -0.0945. The summed E-state index contributed by atoms with van der Waals surface area (Å²) in [6.45, 7) is 6.30. The number of ether oxygens (including phenoxy) is 2. The summed E-state index contributed by atoms with van der Waals surface area (Å²) in [4.78, 5) is 26.4. The fourth-order valence-electron chi connectivity index (χ4n) is 4.12. The minimum Gasteiger partial charge on any atom is -0.488 e. The Morgan fingerprint density at radius 3 is 1.82 bits per heavy atom. The average Bonchev–Trinajstić information content (AvgIpc) is 2.97. The number of nitrogens with one attached hydrogen (secondary N) is 2. The zero-order chi connectivity index (χ0) is 28.5. The van der Waals surface area contributed by atoms with Crippen LogP contribution in [-0.2, 0) is 24.4 Å². The van der Waals surface area contributed by atoms with Crippen molar-refractivity contribution in [3.63, 3.8) is 0 Å². The second-order valence-corrected chi connectivity index (χ2v) is 9.25. The van der Waals surface area contributed by atoms with Crippen molar-refractivity contribution in [1.29, 1.82) is 0 Å². The number of benzene rings is 4. The highest BCUT2D eigenvalue weighted by Gasteiger charge is 2.26. The largest absolute Gasteiger partial charge is 0.488 e. The van der Waals surface area contributed by atoms with Crippen LogP contribution < -0.4 is 20.1 Å². The summed E-state index contributed by atoms with van der Waals surface area (Å²) in [5.41, 5.74) is 4.08. The minimum absolute atomic E-state index is 0.0945. The maximum Gasteiger partial charge on any atom is 0.259 e. The first kappa shape index (κ1) is 28.1. The van der Waals surface area contributed by atoms with Gasteiger partial charge in [-0.25, -0.2) is 4.39 Å². The van der Waals surface area contributed by atoms with Crippen molar-refractivity contribution in [2.24, 2.45) is 0 Å². The van der Waals surface area contributed by atoms with Gasteiger partial charge in [-0.1, -0.05) is 67.2 Å². The van der Waals surface area contributed by atoms with Gasteiger partial charge in [-0.3, -0.25) is 9.59 Å². The summed E-state index contributed by atoms with van der Waals surface area (Å²) in [7, 11) is 1.54. The molecule has 4 aromatic rings. The first-order valence-electron chi connectivity index (χ1n) is 12.8. The number of hydrogen-bond donors (Lipinski definition) is 2. The van der Waals surface area contributed by atoms with Gasteiger partial charge in [0.15, 0.2) is 0 Å². The normalized spacial score (nSPS) is 10.5. The summed E-state index contributed by atoms with van der Waals surface area (Å²) >= 11 is 0. The topological polar surface area (TPSA) is 76.7 Å². The van der Waals surface area contributed by atoms with E-state index in [0.717, 1.165) is 11.1 Å². The van der Waals surface area contributed by atoms with Crippen molar-refractivity contribution in [1.82, 2.24) is 5.32 Å². The summed E-state index contributed by atoms with van der Waals surface area (Å²) < 4.78 is 26.1. The SMILES string of the molecule is C=C(C)c1cc(C(=O)Nc2ccc(F)cc2)c(OCc2ccccc2)c(CC(=O)NC)c1OCc1ccccc1. The monoisotopic (exact) mass is 538 g/mol. The molecule has 0 aliphatic heterocycles. The Bertz CT molecular complexity index is 1490. The van der Waals surface area contributed by atoms with Gasteiger partial charge in [0, 0.05) is 23.9 Å². The Labute approximate surface area is 233 Å². The predicted octanol–water partition coefficient (Wildman–Crippen LogP) is 6.56. The van der Waals surface area contributed by atoms with Crippen LogP contribution >= 0.6 is 0 Å². The molecule has 4 aromatic carbocycles. The molecule has 0 unspecified atom stereocenters. The van der Waals surface area contributed by atoms with E-state index in [9.17, 15) is 14.0 Å². The fourth-order valence-corrected chi connectivity index (χ4v) is 4.12. The van der Waals surface area contributed by atoms with E-state index in [1.165, 1.54) is 24.3 Å². The molecular formula is C33H31FN2O4. The van der Waals surface area contributed by atoms with Crippen LogP contribution in [0, 0.1) is 5.82 Å². The molecule has 6 nitrogen and oxygen atoms in total. The van der Waals surface area contributed by atoms with Gasteiger partial charge < -0.3 is 20.1 Å². The second kappa shape index (κ2) is 13.2. The highest BCUT2D eigenvalue weighted by atomic mass is 19.1. The molecule has 204 valence electrons. The number of carbonyl (C=O) groups excluding carboxylic acids is 2. The molecule has 0 heterocycles. The van der Waals surface area contributed by atoms with E-state index in [1.54, 1.807) is 20.0 Å². The first-order valence-corrected chi connectivity index (χ1v) is 12.8. The van der Waals surface area contributed by atoms with Gasteiger partial charge in [0.05, 0.1) is 12.0 Å². The lowest BCUT2D eigenvalue weighted by molar-refractivity contribution is -0.120. The van der Waals surface area contributed by atoms with Crippen LogP contribution in [0.25, 0.3) is 5.57 Å². The maximum absolute atomic E-state index is 13.6. The lowest BCUT2D eigenvalue weighted by Crippen LogP contribution is -2.23. The number of halogens is 1. The molecule has 0 aliphatic rings. The number of anilines is 1. The van der Waals surface area contributed by atoms with E-state index < -0.39 is 11.7 Å². The molecule has 0 atom stereocenters. The molecule has 2 N–H and O–H groups in total. The molecule has 0 bridgehead atoms. The Hall–Kier alpha value is -4.91. The fraction of sp³-hybridized carbons (Fsp3) is 0.152. The minimum atomic E-state index is -0.482. The van der Waals surface area contributed by atoms with Gasteiger partial charge >= 0.3 is 0 Å². The number of allylic oxidation sites excluding steroid dienone is 1. The molecule has 2 amide bonds. The van der Waals surface area contributed by atoms with E-state index >= 15 is 0 Å². The Morgan fingerprint density at radius 1 is 0.800 bits per heavy atom. The molecule has 0 radical (unpaired) electrons. The predicted molar refractivity (Wildman–Crippen MR) is 155 cm³/mol.